The molecule has 1 aromatic rings. The van der Waals surface area contributed by atoms with E-state index in [1.165, 1.54) is 54.6 Å². The van der Waals surface area contributed by atoms with Gasteiger partial charge in [-0.15, -0.1) is 0 Å². The molecule has 1 N–H and O–H groups in total. The highest BCUT2D eigenvalue weighted by atomic mass is 79.9. The fourth-order valence-corrected chi connectivity index (χ4v) is 3.96. The van der Waals surface area contributed by atoms with E-state index in [4.69, 9.17) is 0 Å². The van der Waals surface area contributed by atoms with Gasteiger partial charge in [0, 0.05) is 9.72 Å². The Labute approximate surface area is 117 Å². The molecule has 0 radical (unpaired) electrons. The van der Waals surface area contributed by atoms with Crippen molar-refractivity contribution in [1.82, 2.24) is 5.32 Å². The van der Waals surface area contributed by atoms with Crippen LogP contribution in [0.5, 0.6) is 0 Å². The van der Waals surface area contributed by atoms with Crippen molar-refractivity contribution in [2.45, 2.75) is 30.9 Å². The van der Waals surface area contributed by atoms with E-state index in [1.54, 1.807) is 0 Å². The molecule has 1 aliphatic heterocycles. The predicted octanol–water partition coefficient (Wildman–Crippen LogP) is 3.87. The summed E-state index contributed by atoms with van der Waals surface area (Å²) in [7, 11) is 0. The highest BCUT2D eigenvalue weighted by Crippen LogP contribution is 2.24. The van der Waals surface area contributed by atoms with Crippen LogP contribution in [-0.2, 0) is 6.42 Å². The minimum Gasteiger partial charge on any atom is -0.317 e. The second-order valence-electron chi connectivity index (χ2n) is 4.52. The molecule has 1 unspecified atom stereocenters. The Hall–Kier alpha value is 0.01000. The molecule has 17 heavy (non-hydrogen) atoms. The molecular weight excluding hydrogens is 294 g/mol. The molecule has 1 nitrogen and oxygen atoms in total. The zero-order valence-electron chi connectivity index (χ0n) is 10.1. The molecule has 1 saturated heterocycles. The van der Waals surface area contributed by atoms with Crippen LogP contribution in [0.1, 0.15) is 24.8 Å². The van der Waals surface area contributed by atoms with Crippen molar-refractivity contribution < 1.29 is 0 Å². The van der Waals surface area contributed by atoms with Gasteiger partial charge in [0.25, 0.3) is 0 Å². The lowest BCUT2D eigenvalue weighted by molar-refractivity contribution is 0.703. The Kier molecular flexibility index (Phi) is 5.89. The van der Waals surface area contributed by atoms with Crippen LogP contribution in [0.15, 0.2) is 28.7 Å². The highest BCUT2D eigenvalue weighted by molar-refractivity contribution is 9.10. The lowest BCUT2D eigenvalue weighted by Crippen LogP contribution is -2.14. The molecule has 3 heteroatoms. The van der Waals surface area contributed by atoms with E-state index in [0.29, 0.717) is 0 Å². The number of benzene rings is 1. The van der Waals surface area contributed by atoms with Crippen molar-refractivity contribution in [3.8, 4) is 0 Å². The Morgan fingerprint density at radius 1 is 1.24 bits per heavy atom. The van der Waals surface area contributed by atoms with Gasteiger partial charge in [-0.05, 0) is 56.2 Å². The van der Waals surface area contributed by atoms with Crippen molar-refractivity contribution in [3.63, 3.8) is 0 Å². The molecule has 1 heterocycles. The molecule has 94 valence electrons. The molecule has 0 aliphatic carbocycles. The van der Waals surface area contributed by atoms with E-state index in [2.05, 4.69) is 57.3 Å². The smallest absolute Gasteiger partial charge is 0.0207 e. The van der Waals surface area contributed by atoms with Crippen LogP contribution < -0.4 is 5.32 Å². The summed E-state index contributed by atoms with van der Waals surface area (Å²) >= 11 is 5.77. The summed E-state index contributed by atoms with van der Waals surface area (Å²) in [5, 5.41) is 4.34. The number of nitrogens with one attached hydrogen (secondary N) is 1. The predicted molar refractivity (Wildman–Crippen MR) is 80.8 cm³/mol. The first kappa shape index (κ1) is 13.4. The lowest BCUT2D eigenvalue weighted by Gasteiger charge is -2.13. The standard InChI is InChI=1S/C14H20BrNS/c15-14-6-2-1-4-12(14)8-11-17-13-5-3-9-16-10-7-13/h1-2,4,6,13,16H,3,5,7-11H2. The van der Waals surface area contributed by atoms with Gasteiger partial charge in [-0.3, -0.25) is 0 Å². The van der Waals surface area contributed by atoms with Gasteiger partial charge < -0.3 is 5.32 Å². The van der Waals surface area contributed by atoms with Crippen molar-refractivity contribution >= 4 is 27.7 Å². The molecule has 1 aromatic carbocycles. The summed E-state index contributed by atoms with van der Waals surface area (Å²) in [5.41, 5.74) is 1.44. The Bertz CT molecular complexity index is 335. The van der Waals surface area contributed by atoms with Gasteiger partial charge in [-0.1, -0.05) is 34.1 Å². The van der Waals surface area contributed by atoms with Crippen LogP contribution in [0.25, 0.3) is 0 Å². The summed E-state index contributed by atoms with van der Waals surface area (Å²) < 4.78 is 1.25. The molecular formula is C14H20BrNS. The largest absolute Gasteiger partial charge is 0.317 e. The third-order valence-corrected chi connectivity index (χ3v) is 5.36. The first-order chi connectivity index (χ1) is 8.36. The molecule has 1 aliphatic rings. The van der Waals surface area contributed by atoms with Crippen molar-refractivity contribution in [2.24, 2.45) is 0 Å². The minimum atomic E-state index is 0.868. The summed E-state index contributed by atoms with van der Waals surface area (Å²) in [6.45, 7) is 2.41. The second-order valence-corrected chi connectivity index (χ2v) is 6.78. The third-order valence-electron chi connectivity index (χ3n) is 3.21. The quantitative estimate of drug-likeness (QED) is 0.905. The molecule has 2 rings (SSSR count). The molecule has 0 aromatic heterocycles. The molecule has 1 fully saturated rings. The van der Waals surface area contributed by atoms with Crippen molar-refractivity contribution in [1.29, 1.82) is 0 Å². The molecule has 0 saturated carbocycles. The number of hydrogen-bond donors (Lipinski definition) is 1. The minimum absolute atomic E-state index is 0.868. The normalized spacial score (nSPS) is 21.1. The average Bonchev–Trinajstić information content (AvgIpc) is 2.60. The maximum atomic E-state index is 3.62. The van der Waals surface area contributed by atoms with Gasteiger partial charge in [0.2, 0.25) is 0 Å². The van der Waals surface area contributed by atoms with Gasteiger partial charge in [-0.25, -0.2) is 0 Å². The van der Waals surface area contributed by atoms with E-state index >= 15 is 0 Å². The summed E-state index contributed by atoms with van der Waals surface area (Å²) in [5.74, 6) is 1.24. The van der Waals surface area contributed by atoms with Gasteiger partial charge in [0.1, 0.15) is 0 Å². The average molecular weight is 314 g/mol. The summed E-state index contributed by atoms with van der Waals surface area (Å²) in [6, 6.07) is 8.56. The van der Waals surface area contributed by atoms with E-state index < -0.39 is 0 Å². The van der Waals surface area contributed by atoms with Crippen LogP contribution in [0.2, 0.25) is 0 Å². The fourth-order valence-electron chi connectivity index (χ4n) is 2.19. The zero-order chi connectivity index (χ0) is 11.9. The van der Waals surface area contributed by atoms with Crippen LogP contribution in [0.4, 0.5) is 0 Å². The Balaban J connectivity index is 1.73. The molecule has 0 amide bonds. The van der Waals surface area contributed by atoms with E-state index in [0.717, 1.165) is 5.25 Å². The van der Waals surface area contributed by atoms with Crippen LogP contribution in [-0.4, -0.2) is 24.1 Å². The summed E-state index contributed by atoms with van der Waals surface area (Å²) in [4.78, 5) is 0. The monoisotopic (exact) mass is 313 g/mol. The highest BCUT2D eigenvalue weighted by Gasteiger charge is 2.11. The van der Waals surface area contributed by atoms with E-state index in [9.17, 15) is 0 Å². The van der Waals surface area contributed by atoms with E-state index in [-0.39, 0.29) is 0 Å². The first-order valence-corrected chi connectivity index (χ1v) is 8.26. The number of hydrogen-bond acceptors (Lipinski definition) is 2. The SMILES string of the molecule is Brc1ccccc1CCSC1CCCNCC1. The van der Waals surface area contributed by atoms with Crippen LogP contribution in [0.3, 0.4) is 0 Å². The zero-order valence-corrected chi connectivity index (χ0v) is 12.5. The summed E-state index contributed by atoms with van der Waals surface area (Å²) in [6.07, 6.45) is 5.23. The van der Waals surface area contributed by atoms with Crippen molar-refractivity contribution in [2.75, 3.05) is 18.8 Å². The topological polar surface area (TPSA) is 12.0 Å². The third kappa shape index (κ3) is 4.65. The first-order valence-electron chi connectivity index (χ1n) is 6.42. The maximum Gasteiger partial charge on any atom is 0.0207 e. The fraction of sp³-hybridized carbons (Fsp3) is 0.571. The van der Waals surface area contributed by atoms with Crippen molar-refractivity contribution in [3.05, 3.63) is 34.3 Å². The second kappa shape index (κ2) is 7.45. The van der Waals surface area contributed by atoms with E-state index in [1.807, 2.05) is 0 Å². The maximum absolute atomic E-state index is 3.62. The van der Waals surface area contributed by atoms with Crippen LogP contribution in [0, 0.1) is 0 Å². The number of thioether (sulfide) groups is 1. The van der Waals surface area contributed by atoms with Crippen LogP contribution >= 0.6 is 27.7 Å². The van der Waals surface area contributed by atoms with Gasteiger partial charge in [-0.2, -0.15) is 11.8 Å². The Morgan fingerprint density at radius 3 is 3.00 bits per heavy atom. The number of aryl methyl sites for hydroxylation is 1. The molecule has 0 spiro atoms. The lowest BCUT2D eigenvalue weighted by atomic mass is 10.2. The van der Waals surface area contributed by atoms with Gasteiger partial charge in [0.15, 0.2) is 0 Å². The van der Waals surface area contributed by atoms with Gasteiger partial charge in [0.05, 0.1) is 0 Å². The number of rotatable bonds is 4. The number of halogens is 1. The molecule has 0 bridgehead atoms. The Morgan fingerprint density at radius 2 is 2.12 bits per heavy atom. The molecule has 1 atom stereocenters. The van der Waals surface area contributed by atoms with Gasteiger partial charge >= 0.3 is 0 Å².